The summed E-state index contributed by atoms with van der Waals surface area (Å²) in [4.78, 5) is 8.34. The summed E-state index contributed by atoms with van der Waals surface area (Å²) >= 11 is 1.39. The second-order valence-electron chi connectivity index (χ2n) is 6.29. The van der Waals surface area contributed by atoms with Crippen LogP contribution in [-0.2, 0) is 21.9 Å². The number of halogens is 1. The van der Waals surface area contributed by atoms with Crippen molar-refractivity contribution in [3.63, 3.8) is 0 Å². The van der Waals surface area contributed by atoms with Crippen LogP contribution >= 0.6 is 11.8 Å². The van der Waals surface area contributed by atoms with E-state index in [2.05, 4.69) is 15.1 Å². The molecule has 0 amide bonds. The highest BCUT2D eigenvalue weighted by Crippen LogP contribution is 2.39. The van der Waals surface area contributed by atoms with E-state index in [1.54, 1.807) is 0 Å². The molecule has 0 aliphatic carbocycles. The number of alkyl halides is 1. The molecular weight excluding hydrogens is 371 g/mol. The summed E-state index contributed by atoms with van der Waals surface area (Å²) in [6, 6.07) is 9.68. The second-order valence-corrected chi connectivity index (χ2v) is 7.08. The number of ether oxygens (including phenoxy) is 2. The molecule has 3 atom stereocenters. The quantitative estimate of drug-likeness (QED) is 0.647. The fourth-order valence-electron chi connectivity index (χ4n) is 3.16. The molecule has 1 fully saturated rings. The molecule has 7 nitrogen and oxygen atoms in total. The van der Waals surface area contributed by atoms with Crippen molar-refractivity contribution in [2.45, 2.75) is 36.1 Å². The average molecular weight is 390 g/mol. The number of thioether (sulfide) groups is 1. The highest BCUT2D eigenvalue weighted by atomic mass is 32.2. The van der Waals surface area contributed by atoms with E-state index in [4.69, 9.17) is 9.47 Å². The molecule has 1 N–H and O–H groups in total. The van der Waals surface area contributed by atoms with Crippen LogP contribution in [0.15, 0.2) is 47.9 Å². The smallest absolute Gasteiger partial charge is 0.244 e. The Morgan fingerprint density at radius 2 is 2.19 bits per heavy atom. The van der Waals surface area contributed by atoms with Crippen LogP contribution in [0.2, 0.25) is 0 Å². The molecule has 2 aromatic heterocycles. The number of aliphatic hydroxyl groups is 1. The van der Waals surface area contributed by atoms with Crippen LogP contribution in [0.25, 0.3) is 5.65 Å². The number of benzene rings is 1. The minimum absolute atomic E-state index is 0.0268. The maximum Gasteiger partial charge on any atom is 0.244 e. The molecule has 1 aliphatic heterocycles. The fourth-order valence-corrected chi connectivity index (χ4v) is 3.63. The standard InChI is InChI=1S/C18H19FN4O3S/c1-27-17-16-20-8-15(23(16)22-11-21-17)18(24)14(19)7-13(26-18)10-25-9-12-5-3-2-4-6-12/h2-6,8,11,13-14,24H,7,9-10H2,1H3/t13-,14-,18?/m0/s1. The highest BCUT2D eigenvalue weighted by molar-refractivity contribution is 7.98. The minimum Gasteiger partial charge on any atom is -0.374 e. The van der Waals surface area contributed by atoms with Gasteiger partial charge in [-0.15, -0.1) is 11.8 Å². The maximum absolute atomic E-state index is 14.7. The molecule has 1 aliphatic rings. The van der Waals surface area contributed by atoms with Gasteiger partial charge in [0.05, 0.1) is 25.5 Å². The summed E-state index contributed by atoms with van der Waals surface area (Å²) < 4.78 is 27.4. The molecular formula is C18H19FN4O3S. The number of rotatable bonds is 6. The van der Waals surface area contributed by atoms with E-state index in [-0.39, 0.29) is 18.7 Å². The number of nitrogens with zero attached hydrogens (tertiary/aromatic N) is 4. The van der Waals surface area contributed by atoms with Gasteiger partial charge in [-0.1, -0.05) is 30.3 Å². The minimum atomic E-state index is -2.12. The Labute approximate surface area is 159 Å². The molecule has 0 bridgehead atoms. The van der Waals surface area contributed by atoms with Crippen LogP contribution in [0.4, 0.5) is 4.39 Å². The third-order valence-electron chi connectivity index (χ3n) is 4.49. The second kappa shape index (κ2) is 7.51. The number of imidazole rings is 1. The van der Waals surface area contributed by atoms with Gasteiger partial charge in [0, 0.05) is 6.42 Å². The first-order valence-electron chi connectivity index (χ1n) is 8.51. The first-order chi connectivity index (χ1) is 13.1. The van der Waals surface area contributed by atoms with Gasteiger partial charge < -0.3 is 14.6 Å². The van der Waals surface area contributed by atoms with Gasteiger partial charge in [-0.3, -0.25) is 0 Å². The number of hydrogen-bond acceptors (Lipinski definition) is 7. The molecule has 0 saturated carbocycles. The predicted octanol–water partition coefficient (Wildman–Crippen LogP) is 2.34. The van der Waals surface area contributed by atoms with Crippen LogP contribution < -0.4 is 0 Å². The van der Waals surface area contributed by atoms with Gasteiger partial charge in [-0.25, -0.2) is 18.9 Å². The summed E-state index contributed by atoms with van der Waals surface area (Å²) in [6.45, 7) is 0.579. The van der Waals surface area contributed by atoms with E-state index in [1.807, 2.05) is 36.6 Å². The molecule has 9 heteroatoms. The van der Waals surface area contributed by atoms with Gasteiger partial charge >= 0.3 is 0 Å². The largest absolute Gasteiger partial charge is 0.374 e. The Morgan fingerprint density at radius 1 is 1.37 bits per heavy atom. The average Bonchev–Trinajstić information content (AvgIpc) is 3.24. The highest BCUT2D eigenvalue weighted by Gasteiger charge is 2.52. The van der Waals surface area contributed by atoms with Crippen molar-refractivity contribution in [3.8, 4) is 0 Å². The van der Waals surface area contributed by atoms with Gasteiger partial charge in [-0.05, 0) is 11.8 Å². The van der Waals surface area contributed by atoms with Gasteiger partial charge in [-0.2, -0.15) is 5.10 Å². The third kappa shape index (κ3) is 3.43. The molecule has 1 unspecified atom stereocenters. The molecule has 3 heterocycles. The van der Waals surface area contributed by atoms with Crippen molar-refractivity contribution in [1.29, 1.82) is 0 Å². The summed E-state index contributed by atoms with van der Waals surface area (Å²) in [5.41, 5.74) is 1.62. The van der Waals surface area contributed by atoms with E-state index >= 15 is 0 Å². The first-order valence-corrected chi connectivity index (χ1v) is 9.73. The van der Waals surface area contributed by atoms with Gasteiger partial charge in [0.1, 0.15) is 17.0 Å². The fraction of sp³-hybridized carbons (Fsp3) is 0.389. The Balaban J connectivity index is 1.49. The number of hydrogen-bond donors (Lipinski definition) is 1. The van der Waals surface area contributed by atoms with Gasteiger partial charge in [0.15, 0.2) is 11.8 Å². The van der Waals surface area contributed by atoms with Crippen LogP contribution in [0, 0.1) is 0 Å². The van der Waals surface area contributed by atoms with Gasteiger partial charge in [0.2, 0.25) is 5.79 Å². The molecule has 4 rings (SSSR count). The molecule has 3 aromatic rings. The number of aromatic nitrogens is 4. The molecule has 0 spiro atoms. The Hall–Kier alpha value is -2.07. The normalized spacial score (nSPS) is 25.3. The van der Waals surface area contributed by atoms with Crippen LogP contribution in [0.5, 0.6) is 0 Å². The van der Waals surface area contributed by atoms with Crippen LogP contribution in [-0.4, -0.2) is 49.8 Å². The van der Waals surface area contributed by atoms with Crippen molar-refractivity contribution >= 4 is 17.4 Å². The molecule has 0 radical (unpaired) electrons. The SMILES string of the molecule is CSc1ncnn2c(C3(O)O[C@H](COCc4ccccc4)C[C@@H]3F)cnc12. The predicted molar refractivity (Wildman–Crippen MR) is 96.9 cm³/mol. The Kier molecular flexibility index (Phi) is 5.09. The lowest BCUT2D eigenvalue weighted by atomic mass is 10.1. The van der Waals surface area contributed by atoms with Crippen molar-refractivity contribution < 1.29 is 19.0 Å². The zero-order valence-corrected chi connectivity index (χ0v) is 15.5. The first kappa shape index (κ1) is 18.3. The van der Waals surface area contributed by atoms with E-state index < -0.39 is 18.1 Å². The van der Waals surface area contributed by atoms with E-state index in [0.717, 1.165) is 5.56 Å². The molecule has 1 saturated heterocycles. The molecule has 142 valence electrons. The summed E-state index contributed by atoms with van der Waals surface area (Å²) in [5.74, 6) is -2.12. The van der Waals surface area contributed by atoms with Crippen molar-refractivity contribution in [1.82, 2.24) is 19.6 Å². The monoisotopic (exact) mass is 390 g/mol. The van der Waals surface area contributed by atoms with Crippen molar-refractivity contribution in [2.24, 2.45) is 0 Å². The molecule has 27 heavy (non-hydrogen) atoms. The van der Waals surface area contributed by atoms with Crippen molar-refractivity contribution in [2.75, 3.05) is 12.9 Å². The van der Waals surface area contributed by atoms with Crippen LogP contribution in [0.3, 0.4) is 0 Å². The summed E-state index contributed by atoms with van der Waals surface area (Å²) in [6.07, 6.45) is 2.42. The zero-order valence-electron chi connectivity index (χ0n) is 14.7. The lowest BCUT2D eigenvalue weighted by molar-refractivity contribution is -0.232. The summed E-state index contributed by atoms with van der Waals surface area (Å²) in [7, 11) is 0. The van der Waals surface area contributed by atoms with E-state index in [9.17, 15) is 9.50 Å². The van der Waals surface area contributed by atoms with Crippen LogP contribution in [0.1, 0.15) is 17.7 Å². The maximum atomic E-state index is 14.7. The lowest BCUT2D eigenvalue weighted by Crippen LogP contribution is -2.36. The number of fused-ring (bicyclic) bond motifs is 1. The topological polar surface area (TPSA) is 81.8 Å². The summed E-state index contributed by atoms with van der Waals surface area (Å²) in [5, 5.41) is 15.6. The molecule has 1 aromatic carbocycles. The Morgan fingerprint density at radius 3 is 2.96 bits per heavy atom. The van der Waals surface area contributed by atoms with E-state index in [0.29, 0.717) is 17.3 Å². The lowest BCUT2D eigenvalue weighted by Gasteiger charge is -2.24. The van der Waals surface area contributed by atoms with Gasteiger partial charge in [0.25, 0.3) is 0 Å². The third-order valence-corrected chi connectivity index (χ3v) is 5.16. The van der Waals surface area contributed by atoms with Crippen molar-refractivity contribution in [3.05, 3.63) is 54.1 Å². The van der Waals surface area contributed by atoms with E-state index in [1.165, 1.54) is 28.8 Å². The zero-order chi connectivity index (χ0) is 18.9. The Bertz CT molecular complexity index is 925.